The zero-order valence-electron chi connectivity index (χ0n) is 13.9. The molecule has 0 amide bonds. The molecule has 6 heteroatoms. The van der Waals surface area contributed by atoms with Gasteiger partial charge in [0.1, 0.15) is 17.4 Å². The van der Waals surface area contributed by atoms with Gasteiger partial charge in [-0.3, -0.25) is 10.2 Å². The molecular formula is C20H14N2O3S. The van der Waals surface area contributed by atoms with Crippen molar-refractivity contribution in [2.75, 3.05) is 7.11 Å². The molecule has 1 aliphatic heterocycles. The Morgan fingerprint density at radius 3 is 2.69 bits per heavy atom. The van der Waals surface area contributed by atoms with Crippen LogP contribution in [-0.4, -0.2) is 13.0 Å². The van der Waals surface area contributed by atoms with Gasteiger partial charge in [0.05, 0.1) is 18.7 Å². The SMILES string of the molecule is COc1ccccc1C1c2c(c3ccccc3sc2=O)OC(=N)C1C#N. The molecule has 1 aromatic heterocycles. The fourth-order valence-electron chi connectivity index (χ4n) is 3.40. The van der Waals surface area contributed by atoms with Crippen LogP contribution in [0.2, 0.25) is 0 Å². The van der Waals surface area contributed by atoms with Crippen LogP contribution in [0.1, 0.15) is 17.0 Å². The van der Waals surface area contributed by atoms with E-state index in [0.717, 1.165) is 21.4 Å². The van der Waals surface area contributed by atoms with E-state index in [-0.39, 0.29) is 10.6 Å². The monoisotopic (exact) mass is 362 g/mol. The van der Waals surface area contributed by atoms with Gasteiger partial charge in [0.15, 0.2) is 0 Å². The average molecular weight is 362 g/mol. The Labute approximate surface area is 153 Å². The summed E-state index contributed by atoms with van der Waals surface area (Å²) in [6.45, 7) is 0. The van der Waals surface area contributed by atoms with Crippen LogP contribution < -0.4 is 14.2 Å². The lowest BCUT2D eigenvalue weighted by atomic mass is 9.79. The van der Waals surface area contributed by atoms with Gasteiger partial charge in [-0.25, -0.2) is 0 Å². The van der Waals surface area contributed by atoms with Gasteiger partial charge < -0.3 is 9.47 Å². The van der Waals surface area contributed by atoms with Gasteiger partial charge in [0, 0.05) is 21.6 Å². The highest BCUT2D eigenvalue weighted by Crippen LogP contribution is 2.46. The van der Waals surface area contributed by atoms with E-state index in [9.17, 15) is 10.1 Å². The normalized spacial score (nSPS) is 18.7. The Kier molecular flexibility index (Phi) is 3.94. The predicted octanol–water partition coefficient (Wildman–Crippen LogP) is 3.91. The molecule has 2 unspecified atom stereocenters. The molecule has 0 saturated carbocycles. The third-order valence-corrected chi connectivity index (χ3v) is 5.53. The van der Waals surface area contributed by atoms with Gasteiger partial charge in [-0.15, -0.1) is 0 Å². The highest BCUT2D eigenvalue weighted by molar-refractivity contribution is 7.16. The summed E-state index contributed by atoms with van der Waals surface area (Å²) in [7, 11) is 1.55. The number of benzene rings is 2. The molecule has 128 valence electrons. The average Bonchev–Trinajstić information content (AvgIpc) is 2.67. The Bertz CT molecular complexity index is 1130. The molecule has 2 heterocycles. The number of para-hydroxylation sites is 1. The molecule has 0 saturated heterocycles. The van der Waals surface area contributed by atoms with Crippen molar-refractivity contribution >= 4 is 27.3 Å². The van der Waals surface area contributed by atoms with E-state index in [1.54, 1.807) is 13.2 Å². The quantitative estimate of drug-likeness (QED) is 0.749. The van der Waals surface area contributed by atoms with Gasteiger partial charge in [-0.2, -0.15) is 5.26 Å². The molecule has 2 atom stereocenters. The van der Waals surface area contributed by atoms with E-state index in [2.05, 4.69) is 6.07 Å². The minimum absolute atomic E-state index is 0.156. The molecule has 4 rings (SSSR count). The minimum Gasteiger partial charge on any atom is -0.496 e. The fraction of sp³-hybridized carbons (Fsp3) is 0.150. The molecule has 0 aliphatic carbocycles. The summed E-state index contributed by atoms with van der Waals surface area (Å²) < 4.78 is 11.8. The summed E-state index contributed by atoms with van der Waals surface area (Å²) in [6, 6.07) is 16.8. The third kappa shape index (κ3) is 2.37. The highest BCUT2D eigenvalue weighted by Gasteiger charge is 2.41. The maximum absolute atomic E-state index is 12.9. The van der Waals surface area contributed by atoms with Crippen LogP contribution in [-0.2, 0) is 0 Å². The third-order valence-electron chi connectivity index (χ3n) is 4.55. The summed E-state index contributed by atoms with van der Waals surface area (Å²) >= 11 is 1.13. The largest absolute Gasteiger partial charge is 0.496 e. The lowest BCUT2D eigenvalue weighted by molar-refractivity contribution is 0.399. The number of ether oxygens (including phenoxy) is 2. The van der Waals surface area contributed by atoms with Gasteiger partial charge in [0.2, 0.25) is 10.6 Å². The maximum atomic E-state index is 12.9. The first kappa shape index (κ1) is 16.3. The van der Waals surface area contributed by atoms with E-state index in [4.69, 9.17) is 14.9 Å². The Balaban J connectivity index is 2.09. The molecule has 3 aromatic rings. The van der Waals surface area contributed by atoms with Gasteiger partial charge in [0.25, 0.3) is 0 Å². The Hall–Kier alpha value is -3.17. The maximum Gasteiger partial charge on any atom is 0.240 e. The second-order valence-electron chi connectivity index (χ2n) is 5.92. The first-order chi connectivity index (χ1) is 12.7. The second-order valence-corrected chi connectivity index (χ2v) is 6.94. The Morgan fingerprint density at radius 1 is 1.19 bits per heavy atom. The number of hydrogen-bond acceptors (Lipinski definition) is 6. The highest BCUT2D eigenvalue weighted by atomic mass is 32.1. The number of fused-ring (bicyclic) bond motifs is 3. The first-order valence-electron chi connectivity index (χ1n) is 8.00. The molecule has 0 fully saturated rings. The van der Waals surface area contributed by atoms with E-state index in [0.29, 0.717) is 22.6 Å². The molecule has 1 aliphatic rings. The van der Waals surface area contributed by atoms with E-state index < -0.39 is 11.8 Å². The smallest absolute Gasteiger partial charge is 0.240 e. The minimum atomic E-state index is -0.889. The summed E-state index contributed by atoms with van der Waals surface area (Å²) in [5.41, 5.74) is 1.12. The molecular weight excluding hydrogens is 348 g/mol. The summed E-state index contributed by atoms with van der Waals surface area (Å²) in [5.74, 6) is -0.704. The molecule has 0 bridgehead atoms. The lowest BCUT2D eigenvalue weighted by Gasteiger charge is -2.30. The van der Waals surface area contributed by atoms with Crippen molar-refractivity contribution in [3.8, 4) is 17.6 Å². The summed E-state index contributed by atoms with van der Waals surface area (Å²) in [6.07, 6.45) is 0. The van der Waals surface area contributed by atoms with Crippen LogP contribution in [0.3, 0.4) is 0 Å². The number of hydrogen-bond donors (Lipinski definition) is 1. The van der Waals surface area contributed by atoms with Crippen molar-refractivity contribution in [3.63, 3.8) is 0 Å². The molecule has 1 N–H and O–H groups in total. The van der Waals surface area contributed by atoms with Gasteiger partial charge in [-0.05, 0) is 18.2 Å². The van der Waals surface area contributed by atoms with Crippen molar-refractivity contribution in [2.24, 2.45) is 5.92 Å². The standard InChI is InChI=1S/C20H14N2O3S/c1-24-14-8-4-2-6-11(14)16-13(10-21)19(22)25-18-12-7-3-5-9-15(12)26-20(23)17(16)18/h2-9,13,16,22H,1H3. The number of nitrogens with zero attached hydrogens (tertiary/aromatic N) is 1. The van der Waals surface area contributed by atoms with Crippen molar-refractivity contribution in [3.05, 3.63) is 69.2 Å². The molecule has 0 spiro atoms. The van der Waals surface area contributed by atoms with E-state index >= 15 is 0 Å². The van der Waals surface area contributed by atoms with Crippen LogP contribution in [0.4, 0.5) is 0 Å². The fourth-order valence-corrected chi connectivity index (χ4v) is 4.34. The van der Waals surface area contributed by atoms with Gasteiger partial charge >= 0.3 is 0 Å². The zero-order chi connectivity index (χ0) is 18.3. The van der Waals surface area contributed by atoms with E-state index in [1.165, 1.54) is 0 Å². The van der Waals surface area contributed by atoms with Crippen molar-refractivity contribution in [2.45, 2.75) is 5.92 Å². The van der Waals surface area contributed by atoms with Crippen LogP contribution in [0.5, 0.6) is 11.5 Å². The van der Waals surface area contributed by atoms with Crippen molar-refractivity contribution < 1.29 is 9.47 Å². The molecule has 0 radical (unpaired) electrons. The molecule has 5 nitrogen and oxygen atoms in total. The number of nitrogens with one attached hydrogen (secondary N) is 1. The van der Waals surface area contributed by atoms with E-state index in [1.807, 2.05) is 42.5 Å². The van der Waals surface area contributed by atoms with Gasteiger partial charge in [-0.1, -0.05) is 41.7 Å². The topological polar surface area (TPSA) is 83.2 Å². The lowest BCUT2D eigenvalue weighted by Crippen LogP contribution is -2.34. The number of methoxy groups -OCH3 is 1. The molecule has 26 heavy (non-hydrogen) atoms. The summed E-state index contributed by atoms with van der Waals surface area (Å²) in [5, 5.41) is 18.7. The number of nitriles is 1. The summed E-state index contributed by atoms with van der Waals surface area (Å²) in [4.78, 5) is 12.9. The zero-order valence-corrected chi connectivity index (χ0v) is 14.7. The first-order valence-corrected chi connectivity index (χ1v) is 8.82. The van der Waals surface area contributed by atoms with Crippen LogP contribution >= 0.6 is 11.3 Å². The second kappa shape index (κ2) is 6.28. The van der Waals surface area contributed by atoms with Crippen LogP contribution in [0.25, 0.3) is 10.1 Å². The predicted molar refractivity (Wildman–Crippen MR) is 100 cm³/mol. The van der Waals surface area contributed by atoms with Crippen molar-refractivity contribution in [1.82, 2.24) is 0 Å². The van der Waals surface area contributed by atoms with Crippen LogP contribution in [0, 0.1) is 22.7 Å². The Morgan fingerprint density at radius 2 is 1.92 bits per heavy atom. The van der Waals surface area contributed by atoms with Crippen LogP contribution in [0.15, 0.2) is 53.3 Å². The molecule has 2 aromatic carbocycles. The number of rotatable bonds is 2. The van der Waals surface area contributed by atoms with Crippen molar-refractivity contribution in [1.29, 1.82) is 10.7 Å².